The molecule has 1 aliphatic rings. The zero-order chi connectivity index (χ0) is 14.4. The van der Waals surface area contributed by atoms with Crippen LogP contribution in [-0.4, -0.2) is 13.2 Å². The summed E-state index contributed by atoms with van der Waals surface area (Å²) in [4.78, 5) is 0. The highest BCUT2D eigenvalue weighted by molar-refractivity contribution is 5.30. The summed E-state index contributed by atoms with van der Waals surface area (Å²) in [7, 11) is 1.73. The second-order valence-corrected chi connectivity index (χ2v) is 6.21. The van der Waals surface area contributed by atoms with Gasteiger partial charge in [-0.3, -0.25) is 0 Å². The van der Waals surface area contributed by atoms with Crippen molar-refractivity contribution in [1.82, 2.24) is 5.32 Å². The van der Waals surface area contributed by atoms with E-state index in [1.807, 2.05) is 6.07 Å². The minimum absolute atomic E-state index is 0.378. The van der Waals surface area contributed by atoms with Crippen LogP contribution in [0, 0.1) is 5.92 Å². The van der Waals surface area contributed by atoms with Gasteiger partial charge in [-0.25, -0.2) is 0 Å². The van der Waals surface area contributed by atoms with Crippen molar-refractivity contribution >= 4 is 0 Å². The van der Waals surface area contributed by atoms with Crippen molar-refractivity contribution in [3.63, 3.8) is 0 Å². The summed E-state index contributed by atoms with van der Waals surface area (Å²) >= 11 is 0. The summed E-state index contributed by atoms with van der Waals surface area (Å²) in [6, 6.07) is 9.36. The summed E-state index contributed by atoms with van der Waals surface area (Å²) < 4.78 is 5.32. The number of methoxy groups -OCH3 is 1. The third-order valence-corrected chi connectivity index (χ3v) is 4.71. The molecule has 0 amide bonds. The Hall–Kier alpha value is -1.02. The van der Waals surface area contributed by atoms with Gasteiger partial charge in [-0.15, -0.1) is 0 Å². The second-order valence-electron chi connectivity index (χ2n) is 6.21. The summed E-state index contributed by atoms with van der Waals surface area (Å²) in [6.07, 6.45) is 8.44. The van der Waals surface area contributed by atoms with E-state index in [0.717, 1.165) is 11.7 Å². The van der Waals surface area contributed by atoms with Crippen LogP contribution in [0.25, 0.3) is 0 Å². The Morgan fingerprint density at radius 3 is 2.45 bits per heavy atom. The van der Waals surface area contributed by atoms with Crippen LogP contribution in [-0.2, 0) is 0 Å². The van der Waals surface area contributed by atoms with Gasteiger partial charge in [-0.1, -0.05) is 37.8 Å². The van der Waals surface area contributed by atoms with E-state index in [2.05, 4.69) is 37.4 Å². The van der Waals surface area contributed by atoms with Crippen LogP contribution >= 0.6 is 0 Å². The van der Waals surface area contributed by atoms with Crippen molar-refractivity contribution in [1.29, 1.82) is 0 Å². The van der Waals surface area contributed by atoms with Crippen LogP contribution in [0.3, 0.4) is 0 Å². The third-order valence-electron chi connectivity index (χ3n) is 4.71. The Morgan fingerprint density at radius 2 is 1.80 bits per heavy atom. The standard InChI is InChI=1S/C18H29NO/c1-14(16-9-6-4-5-7-10-16)19-15(2)17-11-8-12-18(13-17)20-3/h8,11-16,19H,4-7,9-10H2,1-3H3/t14-,15?/m0/s1. The Balaban J connectivity index is 1.93. The molecule has 1 fully saturated rings. The number of ether oxygens (including phenoxy) is 1. The van der Waals surface area contributed by atoms with Gasteiger partial charge in [0.2, 0.25) is 0 Å². The molecule has 1 aliphatic carbocycles. The smallest absolute Gasteiger partial charge is 0.119 e. The zero-order valence-corrected chi connectivity index (χ0v) is 13.2. The maximum absolute atomic E-state index is 5.32. The fourth-order valence-corrected chi connectivity index (χ4v) is 3.35. The summed E-state index contributed by atoms with van der Waals surface area (Å²) in [6.45, 7) is 4.61. The average Bonchev–Trinajstić information content (AvgIpc) is 2.76. The number of nitrogens with one attached hydrogen (secondary N) is 1. The number of hydrogen-bond donors (Lipinski definition) is 1. The lowest BCUT2D eigenvalue weighted by atomic mass is 9.92. The van der Waals surface area contributed by atoms with E-state index < -0.39 is 0 Å². The first-order chi connectivity index (χ1) is 9.70. The number of hydrogen-bond acceptors (Lipinski definition) is 2. The van der Waals surface area contributed by atoms with Gasteiger partial charge in [0.15, 0.2) is 0 Å². The molecule has 0 bridgehead atoms. The maximum atomic E-state index is 5.32. The van der Waals surface area contributed by atoms with E-state index in [1.165, 1.54) is 44.1 Å². The summed E-state index contributed by atoms with van der Waals surface area (Å²) in [5, 5.41) is 3.79. The largest absolute Gasteiger partial charge is 0.497 e. The molecule has 1 aromatic carbocycles. The monoisotopic (exact) mass is 275 g/mol. The van der Waals surface area contributed by atoms with Gasteiger partial charge in [0.1, 0.15) is 5.75 Å². The van der Waals surface area contributed by atoms with Gasteiger partial charge < -0.3 is 10.1 Å². The molecule has 1 aromatic rings. The Morgan fingerprint density at radius 1 is 1.10 bits per heavy atom. The zero-order valence-electron chi connectivity index (χ0n) is 13.2. The molecule has 2 atom stereocenters. The first-order valence-electron chi connectivity index (χ1n) is 8.10. The van der Waals surface area contributed by atoms with Gasteiger partial charge in [-0.05, 0) is 50.3 Å². The SMILES string of the molecule is COc1cccc(C(C)N[C@@H](C)C2CCCCCC2)c1. The minimum atomic E-state index is 0.378. The van der Waals surface area contributed by atoms with Crippen molar-refractivity contribution in [2.75, 3.05) is 7.11 Å². The number of rotatable bonds is 5. The molecule has 2 nitrogen and oxygen atoms in total. The normalized spacial score (nSPS) is 20.1. The third kappa shape index (κ3) is 4.24. The van der Waals surface area contributed by atoms with Crippen LogP contribution in [0.5, 0.6) is 5.75 Å². The molecule has 2 rings (SSSR count). The molecule has 0 aliphatic heterocycles. The highest BCUT2D eigenvalue weighted by Crippen LogP contribution is 2.27. The topological polar surface area (TPSA) is 21.3 Å². The molecular weight excluding hydrogens is 246 g/mol. The average molecular weight is 275 g/mol. The van der Waals surface area contributed by atoms with E-state index in [9.17, 15) is 0 Å². The Labute approximate surface area is 123 Å². The summed E-state index contributed by atoms with van der Waals surface area (Å²) in [5.41, 5.74) is 1.31. The lowest BCUT2D eigenvalue weighted by Crippen LogP contribution is -2.35. The van der Waals surface area contributed by atoms with Crippen LogP contribution in [0.15, 0.2) is 24.3 Å². The van der Waals surface area contributed by atoms with Crippen molar-refractivity contribution in [3.8, 4) is 5.75 Å². The second kappa shape index (κ2) is 7.68. The maximum Gasteiger partial charge on any atom is 0.119 e. The first kappa shape index (κ1) is 15.4. The molecule has 1 saturated carbocycles. The highest BCUT2D eigenvalue weighted by Gasteiger charge is 2.20. The molecular formula is C18H29NO. The van der Waals surface area contributed by atoms with Crippen LogP contribution in [0.2, 0.25) is 0 Å². The van der Waals surface area contributed by atoms with Crippen molar-refractivity contribution in [2.24, 2.45) is 5.92 Å². The fourth-order valence-electron chi connectivity index (χ4n) is 3.35. The van der Waals surface area contributed by atoms with Gasteiger partial charge in [0.05, 0.1) is 7.11 Å². The van der Waals surface area contributed by atoms with Crippen molar-refractivity contribution < 1.29 is 4.74 Å². The lowest BCUT2D eigenvalue weighted by molar-refractivity contribution is 0.316. The van der Waals surface area contributed by atoms with Crippen molar-refractivity contribution in [2.45, 2.75) is 64.5 Å². The molecule has 20 heavy (non-hydrogen) atoms. The molecule has 0 radical (unpaired) electrons. The number of benzene rings is 1. The minimum Gasteiger partial charge on any atom is -0.497 e. The van der Waals surface area contributed by atoms with E-state index in [4.69, 9.17) is 4.74 Å². The predicted octanol–water partition coefficient (Wildman–Crippen LogP) is 4.70. The van der Waals surface area contributed by atoms with Gasteiger partial charge in [0, 0.05) is 12.1 Å². The highest BCUT2D eigenvalue weighted by atomic mass is 16.5. The van der Waals surface area contributed by atoms with Crippen LogP contribution < -0.4 is 10.1 Å². The van der Waals surface area contributed by atoms with Gasteiger partial charge >= 0.3 is 0 Å². The van der Waals surface area contributed by atoms with E-state index in [0.29, 0.717) is 12.1 Å². The van der Waals surface area contributed by atoms with Gasteiger partial charge in [-0.2, -0.15) is 0 Å². The molecule has 0 aromatic heterocycles. The van der Waals surface area contributed by atoms with Crippen molar-refractivity contribution in [3.05, 3.63) is 29.8 Å². The quantitative estimate of drug-likeness (QED) is 0.786. The van der Waals surface area contributed by atoms with E-state index >= 15 is 0 Å². The molecule has 1 unspecified atom stereocenters. The van der Waals surface area contributed by atoms with E-state index in [-0.39, 0.29) is 0 Å². The summed E-state index contributed by atoms with van der Waals surface area (Å²) in [5.74, 6) is 1.78. The van der Waals surface area contributed by atoms with Crippen LogP contribution in [0.4, 0.5) is 0 Å². The van der Waals surface area contributed by atoms with E-state index in [1.54, 1.807) is 7.11 Å². The predicted molar refractivity (Wildman–Crippen MR) is 85.2 cm³/mol. The van der Waals surface area contributed by atoms with Crippen LogP contribution in [0.1, 0.15) is 64.0 Å². The molecule has 0 heterocycles. The lowest BCUT2D eigenvalue weighted by Gasteiger charge is -2.27. The molecule has 1 N–H and O–H groups in total. The molecule has 0 spiro atoms. The molecule has 0 saturated heterocycles. The first-order valence-corrected chi connectivity index (χ1v) is 8.10. The molecule has 112 valence electrons. The Kier molecular flexibility index (Phi) is 5.90. The fraction of sp³-hybridized carbons (Fsp3) is 0.667. The van der Waals surface area contributed by atoms with Gasteiger partial charge in [0.25, 0.3) is 0 Å². The Bertz CT molecular complexity index is 396. The molecule has 2 heteroatoms.